The van der Waals surface area contributed by atoms with Crippen molar-refractivity contribution < 1.29 is 14.3 Å². The van der Waals surface area contributed by atoms with Crippen molar-refractivity contribution in [3.63, 3.8) is 0 Å². The number of nitrogens with zero attached hydrogens (tertiary/aromatic N) is 1. The predicted octanol–water partition coefficient (Wildman–Crippen LogP) is 5.31. The van der Waals surface area contributed by atoms with Gasteiger partial charge >= 0.3 is 0 Å². The quantitative estimate of drug-likeness (QED) is 0.421. The first-order chi connectivity index (χ1) is 14.2. The van der Waals surface area contributed by atoms with Crippen LogP contribution in [0.2, 0.25) is 10.0 Å². The smallest absolute Gasteiger partial charge is 0.261 e. The summed E-state index contributed by atoms with van der Waals surface area (Å²) < 4.78 is 6.74. The van der Waals surface area contributed by atoms with E-state index in [2.05, 4.69) is 27.9 Å². The van der Waals surface area contributed by atoms with Gasteiger partial charge in [0.15, 0.2) is 6.61 Å². The Morgan fingerprint density at radius 2 is 1.77 bits per heavy atom. The third kappa shape index (κ3) is 7.32. The lowest BCUT2D eigenvalue weighted by atomic mass is 10.1. The van der Waals surface area contributed by atoms with E-state index in [0.29, 0.717) is 22.2 Å². The molecule has 0 aliphatic heterocycles. The van der Waals surface area contributed by atoms with Gasteiger partial charge in [-0.05, 0) is 84.8 Å². The number of amides is 2. The van der Waals surface area contributed by atoms with E-state index in [4.69, 9.17) is 27.9 Å². The lowest BCUT2D eigenvalue weighted by Gasteiger charge is -2.31. The van der Waals surface area contributed by atoms with Crippen molar-refractivity contribution in [2.24, 2.45) is 0 Å². The molecule has 5 nitrogen and oxygen atoms in total. The van der Waals surface area contributed by atoms with E-state index in [0.717, 1.165) is 9.13 Å². The van der Waals surface area contributed by atoms with E-state index >= 15 is 0 Å². The molecule has 0 aliphatic carbocycles. The maximum Gasteiger partial charge on any atom is 0.261 e. The van der Waals surface area contributed by atoms with Crippen LogP contribution in [0.4, 0.5) is 0 Å². The molecule has 2 aromatic rings. The first-order valence-corrected chi connectivity index (χ1v) is 11.5. The van der Waals surface area contributed by atoms with Gasteiger partial charge in [-0.25, -0.2) is 0 Å². The fraction of sp³-hybridized carbons (Fsp3) is 0.364. The van der Waals surface area contributed by atoms with Crippen LogP contribution in [0, 0.1) is 3.57 Å². The summed E-state index contributed by atoms with van der Waals surface area (Å²) in [6.07, 6.45) is 0.467. The molecular weight excluding hydrogens is 538 g/mol. The van der Waals surface area contributed by atoms with Gasteiger partial charge in [-0.3, -0.25) is 9.59 Å². The number of carbonyl (C=O) groups is 2. The highest BCUT2D eigenvalue weighted by Gasteiger charge is 2.29. The normalized spacial score (nSPS) is 11.8. The van der Waals surface area contributed by atoms with E-state index in [9.17, 15) is 9.59 Å². The van der Waals surface area contributed by atoms with Gasteiger partial charge in [0.1, 0.15) is 11.8 Å². The number of ether oxygens (including phenoxy) is 1. The molecule has 0 bridgehead atoms. The minimum atomic E-state index is -0.630. The minimum Gasteiger partial charge on any atom is -0.484 e. The zero-order valence-corrected chi connectivity index (χ0v) is 20.8. The summed E-state index contributed by atoms with van der Waals surface area (Å²) in [5.74, 6) is 0.110. The Balaban J connectivity index is 2.23. The first kappa shape index (κ1) is 24.8. The molecule has 0 radical (unpaired) electrons. The Morgan fingerprint density at radius 1 is 1.10 bits per heavy atom. The third-order valence-corrected chi connectivity index (χ3v) is 5.79. The highest BCUT2D eigenvalue weighted by Crippen LogP contribution is 2.24. The summed E-state index contributed by atoms with van der Waals surface area (Å²) in [5, 5.41) is 3.73. The molecule has 0 aromatic heterocycles. The molecular formula is C22H25Cl2IN2O3. The predicted molar refractivity (Wildman–Crippen MR) is 129 cm³/mol. The van der Waals surface area contributed by atoms with E-state index in [1.807, 2.05) is 32.9 Å². The van der Waals surface area contributed by atoms with Gasteiger partial charge in [-0.1, -0.05) is 36.2 Å². The SMILES string of the molecule is CC[C@@H](C(=O)NC(C)C)N(Cc1ccc(Cl)c(Cl)c1)C(=O)COc1ccc(I)cc1. The number of nitrogens with one attached hydrogen (secondary N) is 1. The molecule has 8 heteroatoms. The second kappa shape index (κ2) is 11.8. The summed E-state index contributed by atoms with van der Waals surface area (Å²) in [6, 6.07) is 11.9. The summed E-state index contributed by atoms with van der Waals surface area (Å²) in [7, 11) is 0. The standard InChI is InChI=1S/C22H25Cl2IN2O3/c1-4-20(22(29)26-14(2)3)27(12-15-5-10-18(23)19(24)11-15)21(28)13-30-17-8-6-16(25)7-9-17/h5-11,14,20H,4,12-13H2,1-3H3,(H,26,29)/t20-/m0/s1. The average molecular weight is 563 g/mol. The highest BCUT2D eigenvalue weighted by molar-refractivity contribution is 14.1. The molecule has 0 spiro atoms. The fourth-order valence-electron chi connectivity index (χ4n) is 2.89. The summed E-state index contributed by atoms with van der Waals surface area (Å²) in [6.45, 7) is 5.69. The molecule has 0 saturated carbocycles. The summed E-state index contributed by atoms with van der Waals surface area (Å²) in [4.78, 5) is 27.4. The molecule has 0 fully saturated rings. The summed E-state index contributed by atoms with van der Waals surface area (Å²) in [5.41, 5.74) is 0.780. The van der Waals surface area contributed by atoms with Crippen LogP contribution in [0.15, 0.2) is 42.5 Å². The molecule has 2 aromatic carbocycles. The van der Waals surface area contributed by atoms with Gasteiger partial charge in [0, 0.05) is 16.2 Å². The van der Waals surface area contributed by atoms with Gasteiger partial charge in [0.05, 0.1) is 10.0 Å². The van der Waals surface area contributed by atoms with E-state index in [-0.39, 0.29) is 31.0 Å². The van der Waals surface area contributed by atoms with Crippen LogP contribution in [0.25, 0.3) is 0 Å². The molecule has 30 heavy (non-hydrogen) atoms. The Hall–Kier alpha value is -1.51. The van der Waals surface area contributed by atoms with Crippen molar-refractivity contribution in [2.75, 3.05) is 6.61 Å². The Bertz CT molecular complexity index is 875. The van der Waals surface area contributed by atoms with Crippen molar-refractivity contribution in [3.05, 3.63) is 61.6 Å². The Morgan fingerprint density at radius 3 is 2.33 bits per heavy atom. The number of benzene rings is 2. The monoisotopic (exact) mass is 562 g/mol. The largest absolute Gasteiger partial charge is 0.484 e. The first-order valence-electron chi connectivity index (χ1n) is 9.63. The van der Waals surface area contributed by atoms with Crippen molar-refractivity contribution in [3.8, 4) is 5.75 Å². The lowest BCUT2D eigenvalue weighted by Crippen LogP contribution is -2.51. The molecule has 0 unspecified atom stereocenters. The number of hydrogen-bond acceptors (Lipinski definition) is 3. The maximum atomic E-state index is 13.1. The van der Waals surface area contributed by atoms with E-state index < -0.39 is 6.04 Å². The fourth-order valence-corrected chi connectivity index (χ4v) is 3.57. The average Bonchev–Trinajstić information content (AvgIpc) is 2.69. The lowest BCUT2D eigenvalue weighted by molar-refractivity contribution is -0.143. The van der Waals surface area contributed by atoms with Crippen LogP contribution in [0.3, 0.4) is 0 Å². The van der Waals surface area contributed by atoms with Gasteiger partial charge in [0.2, 0.25) is 5.91 Å². The van der Waals surface area contributed by atoms with Crippen molar-refractivity contribution in [1.82, 2.24) is 10.2 Å². The second-order valence-electron chi connectivity index (χ2n) is 7.10. The number of carbonyl (C=O) groups excluding carboxylic acids is 2. The van der Waals surface area contributed by atoms with E-state index in [1.54, 1.807) is 30.3 Å². The van der Waals surface area contributed by atoms with Gasteiger partial charge in [-0.2, -0.15) is 0 Å². The molecule has 1 N–H and O–H groups in total. The van der Waals surface area contributed by atoms with Crippen molar-refractivity contribution >= 4 is 57.6 Å². The number of rotatable bonds is 9. The topological polar surface area (TPSA) is 58.6 Å². The zero-order chi connectivity index (χ0) is 22.3. The molecule has 2 rings (SSSR count). The van der Waals surface area contributed by atoms with Crippen LogP contribution in [0.5, 0.6) is 5.75 Å². The van der Waals surface area contributed by atoms with Crippen LogP contribution < -0.4 is 10.1 Å². The maximum absolute atomic E-state index is 13.1. The molecule has 0 aliphatic rings. The van der Waals surface area contributed by atoms with Gasteiger partial charge in [0.25, 0.3) is 5.91 Å². The van der Waals surface area contributed by atoms with Crippen LogP contribution >= 0.6 is 45.8 Å². The van der Waals surface area contributed by atoms with Crippen molar-refractivity contribution in [2.45, 2.75) is 45.8 Å². The highest BCUT2D eigenvalue weighted by atomic mass is 127. The minimum absolute atomic E-state index is 0.0310. The summed E-state index contributed by atoms with van der Waals surface area (Å²) >= 11 is 14.3. The molecule has 162 valence electrons. The Labute approximate surface area is 201 Å². The third-order valence-electron chi connectivity index (χ3n) is 4.33. The molecule has 0 heterocycles. The Kier molecular flexibility index (Phi) is 9.71. The van der Waals surface area contributed by atoms with Crippen LogP contribution in [-0.4, -0.2) is 35.4 Å². The number of hydrogen-bond donors (Lipinski definition) is 1. The molecule has 1 atom stereocenters. The molecule has 0 saturated heterocycles. The zero-order valence-electron chi connectivity index (χ0n) is 17.1. The van der Waals surface area contributed by atoms with Gasteiger partial charge in [-0.15, -0.1) is 0 Å². The van der Waals surface area contributed by atoms with Crippen LogP contribution in [0.1, 0.15) is 32.8 Å². The van der Waals surface area contributed by atoms with E-state index in [1.165, 1.54) is 4.90 Å². The van der Waals surface area contributed by atoms with Gasteiger partial charge < -0.3 is 15.0 Å². The van der Waals surface area contributed by atoms with Crippen molar-refractivity contribution in [1.29, 1.82) is 0 Å². The van der Waals surface area contributed by atoms with Crippen LogP contribution in [-0.2, 0) is 16.1 Å². The number of halogens is 3. The second-order valence-corrected chi connectivity index (χ2v) is 9.16. The molecule has 2 amide bonds.